The number of hydroxylamine groups is 2. The predicted molar refractivity (Wildman–Crippen MR) is 92.4 cm³/mol. The molecule has 2 saturated heterocycles. The van der Waals surface area contributed by atoms with Gasteiger partial charge in [-0.1, -0.05) is 28.1 Å². The molecule has 144 valence electrons. The molecule has 0 aliphatic carbocycles. The number of hydrogen-bond acceptors (Lipinski definition) is 7. The fourth-order valence-electron chi connectivity index (χ4n) is 2.83. The summed E-state index contributed by atoms with van der Waals surface area (Å²) < 4.78 is 11.3. The van der Waals surface area contributed by atoms with Crippen LogP contribution in [0, 0.1) is 0 Å². The van der Waals surface area contributed by atoms with E-state index >= 15 is 0 Å². The van der Waals surface area contributed by atoms with E-state index in [0.717, 1.165) is 10.0 Å². The number of nitrogens with one attached hydrogen (secondary N) is 1. The Balaban J connectivity index is 1.75. The number of amides is 2. The van der Waals surface area contributed by atoms with Crippen LogP contribution in [0.2, 0.25) is 0 Å². The Bertz CT molecular complexity index is 782. The molecule has 27 heavy (non-hydrogen) atoms. The van der Waals surface area contributed by atoms with Crippen LogP contribution in [0.3, 0.4) is 0 Å². The second-order valence-electron chi connectivity index (χ2n) is 6.14. The molecule has 0 bridgehead atoms. The Morgan fingerprint density at radius 2 is 2.04 bits per heavy atom. The van der Waals surface area contributed by atoms with Gasteiger partial charge in [-0.2, -0.15) is 5.06 Å². The van der Waals surface area contributed by atoms with Crippen molar-refractivity contribution in [1.29, 1.82) is 0 Å². The smallest absolute Gasteiger partial charge is 0.375 e. The number of nitrogens with zero attached hydrogens (tertiary/aromatic N) is 1. The number of benzene rings is 1. The summed E-state index contributed by atoms with van der Waals surface area (Å²) in [4.78, 5) is 53.5. The highest BCUT2D eigenvalue weighted by molar-refractivity contribution is 9.10. The van der Waals surface area contributed by atoms with Gasteiger partial charge in [0.15, 0.2) is 0 Å². The first-order valence-electron chi connectivity index (χ1n) is 8.19. The van der Waals surface area contributed by atoms with Gasteiger partial charge in [0.25, 0.3) is 5.91 Å². The molecule has 2 amide bonds. The van der Waals surface area contributed by atoms with Gasteiger partial charge in [-0.05, 0) is 17.7 Å². The average Bonchev–Trinajstić information content (AvgIpc) is 3.18. The maximum atomic E-state index is 12.7. The molecule has 2 atom stereocenters. The van der Waals surface area contributed by atoms with Crippen LogP contribution in [0.1, 0.15) is 25.3 Å². The summed E-state index contributed by atoms with van der Waals surface area (Å²) in [6.45, 7) is 1.02. The van der Waals surface area contributed by atoms with Crippen molar-refractivity contribution in [2.45, 2.75) is 38.1 Å². The monoisotopic (exact) mass is 440 g/mol. The molecule has 2 aliphatic rings. The summed E-state index contributed by atoms with van der Waals surface area (Å²) in [5.74, 6) is -2.65. The van der Waals surface area contributed by atoms with Crippen LogP contribution in [0.5, 0.6) is 0 Å². The molecule has 3 rings (SSSR count). The number of esters is 2. The van der Waals surface area contributed by atoms with Crippen LogP contribution in [-0.4, -0.2) is 47.2 Å². The number of carbonyl (C=O) groups excluding carboxylic acids is 4. The summed E-state index contributed by atoms with van der Waals surface area (Å²) in [6.07, 6.45) is -0.158. The van der Waals surface area contributed by atoms with Crippen LogP contribution < -0.4 is 5.32 Å². The van der Waals surface area contributed by atoms with Crippen molar-refractivity contribution in [2.75, 3.05) is 6.61 Å². The van der Waals surface area contributed by atoms with Crippen LogP contribution in [0.4, 0.5) is 0 Å². The number of hydrogen-bond donors (Lipinski definition) is 1. The molecule has 2 heterocycles. The molecule has 0 saturated carbocycles. The zero-order valence-corrected chi connectivity index (χ0v) is 16.0. The molecule has 9 nitrogen and oxygen atoms in total. The zero-order chi connectivity index (χ0) is 19.6. The Morgan fingerprint density at radius 1 is 1.33 bits per heavy atom. The van der Waals surface area contributed by atoms with E-state index in [1.165, 1.54) is 6.92 Å². The SMILES string of the molecule is CC(=O)N[C@H]1CON(C2(C(=O)OCc3ccc(Br)cc3)CCC(=O)O2)C1=O. The highest BCUT2D eigenvalue weighted by Crippen LogP contribution is 2.35. The van der Waals surface area contributed by atoms with Gasteiger partial charge in [-0.25, -0.2) is 4.79 Å². The summed E-state index contributed by atoms with van der Waals surface area (Å²) in [5, 5.41) is 3.13. The number of ether oxygens (including phenoxy) is 2. The average molecular weight is 441 g/mol. The second-order valence-corrected chi connectivity index (χ2v) is 7.06. The van der Waals surface area contributed by atoms with E-state index in [1.54, 1.807) is 24.3 Å². The maximum Gasteiger partial charge on any atom is 0.375 e. The van der Waals surface area contributed by atoms with E-state index in [0.29, 0.717) is 5.06 Å². The Hall–Kier alpha value is -2.46. The minimum atomic E-state index is -1.99. The quantitative estimate of drug-likeness (QED) is 0.673. The van der Waals surface area contributed by atoms with Gasteiger partial charge in [-0.3, -0.25) is 19.2 Å². The highest BCUT2D eigenvalue weighted by atomic mass is 79.9. The number of rotatable bonds is 5. The van der Waals surface area contributed by atoms with Gasteiger partial charge in [0.1, 0.15) is 19.3 Å². The molecule has 1 aromatic carbocycles. The number of carbonyl (C=O) groups is 4. The minimum Gasteiger partial charge on any atom is -0.456 e. The zero-order valence-electron chi connectivity index (χ0n) is 14.4. The van der Waals surface area contributed by atoms with Crippen LogP contribution in [0.15, 0.2) is 28.7 Å². The fourth-order valence-corrected chi connectivity index (χ4v) is 3.09. The van der Waals surface area contributed by atoms with E-state index < -0.39 is 35.5 Å². The van der Waals surface area contributed by atoms with Crippen molar-refractivity contribution < 1.29 is 33.5 Å². The van der Waals surface area contributed by atoms with E-state index in [1.807, 2.05) is 0 Å². The summed E-state index contributed by atoms with van der Waals surface area (Å²) in [5.41, 5.74) is -1.27. The molecule has 1 N–H and O–H groups in total. The maximum absolute atomic E-state index is 12.7. The third kappa shape index (κ3) is 3.96. The lowest BCUT2D eigenvalue weighted by Gasteiger charge is -2.32. The third-order valence-corrected chi connectivity index (χ3v) is 4.66. The Kier molecular flexibility index (Phi) is 5.47. The fraction of sp³-hybridized carbons (Fsp3) is 0.412. The molecule has 2 aliphatic heterocycles. The van der Waals surface area contributed by atoms with Crippen LogP contribution >= 0.6 is 15.9 Å². The molecule has 0 radical (unpaired) electrons. The Morgan fingerprint density at radius 3 is 2.63 bits per heavy atom. The largest absolute Gasteiger partial charge is 0.456 e. The minimum absolute atomic E-state index is 0.0642. The van der Waals surface area contributed by atoms with Crippen LogP contribution in [0.25, 0.3) is 0 Å². The predicted octanol–water partition coefficient (Wildman–Crippen LogP) is 0.804. The molecule has 2 fully saturated rings. The molecular weight excluding hydrogens is 424 g/mol. The first kappa shape index (κ1) is 19.3. The van der Waals surface area contributed by atoms with Crippen molar-refractivity contribution >= 4 is 39.7 Å². The lowest BCUT2D eigenvalue weighted by Crippen LogP contribution is -2.57. The molecular formula is C17H17BrN2O7. The highest BCUT2D eigenvalue weighted by Gasteiger charge is 2.59. The van der Waals surface area contributed by atoms with Crippen molar-refractivity contribution in [1.82, 2.24) is 10.4 Å². The molecule has 1 unspecified atom stereocenters. The Labute approximate surface area is 163 Å². The molecule has 0 spiro atoms. The summed E-state index contributed by atoms with van der Waals surface area (Å²) >= 11 is 3.31. The standard InChI is InChI=1S/C17H17BrN2O7/c1-10(21)19-13-9-26-20(15(13)23)17(7-6-14(22)27-17)16(24)25-8-11-2-4-12(18)5-3-11/h2-5,13H,6-9H2,1H3,(H,19,21)/t13-,17?/m0/s1. The molecule has 1 aromatic rings. The molecule has 0 aromatic heterocycles. The lowest BCUT2D eigenvalue weighted by molar-refractivity contribution is -0.259. The first-order valence-corrected chi connectivity index (χ1v) is 8.99. The summed E-state index contributed by atoms with van der Waals surface area (Å²) in [6, 6.07) is 6.14. The van der Waals surface area contributed by atoms with Crippen molar-refractivity contribution in [3.8, 4) is 0 Å². The lowest BCUT2D eigenvalue weighted by atomic mass is 10.1. The van der Waals surface area contributed by atoms with E-state index in [2.05, 4.69) is 21.2 Å². The van der Waals surface area contributed by atoms with E-state index in [9.17, 15) is 19.2 Å². The summed E-state index contributed by atoms with van der Waals surface area (Å²) in [7, 11) is 0. The van der Waals surface area contributed by atoms with Gasteiger partial charge in [0.2, 0.25) is 5.91 Å². The van der Waals surface area contributed by atoms with Crippen molar-refractivity contribution in [3.05, 3.63) is 34.3 Å². The number of halogens is 1. The number of cyclic esters (lactones) is 1. The van der Waals surface area contributed by atoms with Crippen molar-refractivity contribution in [3.63, 3.8) is 0 Å². The topological polar surface area (TPSA) is 111 Å². The van der Waals surface area contributed by atoms with Gasteiger partial charge in [0, 0.05) is 17.8 Å². The van der Waals surface area contributed by atoms with Gasteiger partial charge < -0.3 is 14.8 Å². The van der Waals surface area contributed by atoms with Crippen LogP contribution in [-0.2, 0) is 40.1 Å². The van der Waals surface area contributed by atoms with Gasteiger partial charge >= 0.3 is 17.7 Å². The third-order valence-electron chi connectivity index (χ3n) is 4.13. The second kappa shape index (κ2) is 7.65. The normalized spacial score (nSPS) is 24.7. The van der Waals surface area contributed by atoms with Gasteiger partial charge in [0.05, 0.1) is 6.42 Å². The van der Waals surface area contributed by atoms with E-state index in [-0.39, 0.29) is 26.1 Å². The molecule has 10 heteroatoms. The first-order chi connectivity index (χ1) is 12.8. The van der Waals surface area contributed by atoms with Crippen molar-refractivity contribution in [2.24, 2.45) is 0 Å². The van der Waals surface area contributed by atoms with E-state index in [4.69, 9.17) is 14.3 Å². The van der Waals surface area contributed by atoms with Gasteiger partial charge in [-0.15, -0.1) is 0 Å².